The molecule has 0 bridgehead atoms. The van der Waals surface area contributed by atoms with E-state index in [1.54, 1.807) is 4.90 Å². The van der Waals surface area contributed by atoms with Crippen molar-refractivity contribution < 1.29 is 4.79 Å². The lowest BCUT2D eigenvalue weighted by atomic mass is 10.2. The third-order valence-electron chi connectivity index (χ3n) is 2.22. The second-order valence-electron chi connectivity index (χ2n) is 3.80. The third kappa shape index (κ3) is 2.82. The third-order valence-corrected chi connectivity index (χ3v) is 2.60. The molecule has 1 rings (SSSR count). The van der Waals surface area contributed by atoms with E-state index in [4.69, 9.17) is 17.3 Å². The van der Waals surface area contributed by atoms with Gasteiger partial charge in [-0.1, -0.05) is 11.6 Å². The molecular weight excluding hydrogens is 228 g/mol. The van der Waals surface area contributed by atoms with Crippen LogP contribution < -0.4 is 10.6 Å². The average Bonchev–Trinajstić information content (AvgIpc) is 2.18. The van der Waals surface area contributed by atoms with Crippen molar-refractivity contribution in [3.63, 3.8) is 0 Å². The molecule has 0 atom stereocenters. The highest BCUT2D eigenvalue weighted by Crippen LogP contribution is 2.23. The molecule has 5 nitrogen and oxygen atoms in total. The highest BCUT2D eigenvalue weighted by Gasteiger charge is 2.17. The fourth-order valence-electron chi connectivity index (χ4n) is 1.38. The number of amides is 1. The van der Waals surface area contributed by atoms with E-state index < -0.39 is 5.91 Å². The van der Waals surface area contributed by atoms with Crippen LogP contribution in [-0.2, 0) is 4.79 Å². The summed E-state index contributed by atoms with van der Waals surface area (Å²) in [6.45, 7) is 5.84. The summed E-state index contributed by atoms with van der Waals surface area (Å²) in [4.78, 5) is 20.8. The Bertz CT molecular complexity index is 394. The van der Waals surface area contributed by atoms with Gasteiger partial charge in [-0.2, -0.15) is 0 Å². The molecule has 1 aromatic heterocycles. The number of carbonyl (C=O) groups is 1. The van der Waals surface area contributed by atoms with Crippen molar-refractivity contribution >= 4 is 23.3 Å². The predicted octanol–water partition coefficient (Wildman–Crippen LogP) is 1.14. The van der Waals surface area contributed by atoms with E-state index in [0.717, 1.165) is 5.56 Å². The number of halogens is 1. The molecule has 88 valence electrons. The van der Waals surface area contributed by atoms with Crippen molar-refractivity contribution in [2.45, 2.75) is 26.8 Å². The largest absolute Gasteiger partial charge is 0.368 e. The van der Waals surface area contributed by atoms with Crippen molar-refractivity contribution in [2.75, 3.05) is 11.4 Å². The summed E-state index contributed by atoms with van der Waals surface area (Å²) in [6, 6.07) is 0.108. The van der Waals surface area contributed by atoms with Crippen LogP contribution in [0.1, 0.15) is 19.4 Å². The maximum Gasteiger partial charge on any atom is 0.237 e. The molecule has 0 fully saturated rings. The van der Waals surface area contributed by atoms with Crippen LogP contribution in [0, 0.1) is 6.92 Å². The number of rotatable bonds is 4. The van der Waals surface area contributed by atoms with Crippen LogP contribution in [-0.4, -0.2) is 28.5 Å². The molecule has 0 aliphatic rings. The highest BCUT2D eigenvalue weighted by molar-refractivity contribution is 6.30. The van der Waals surface area contributed by atoms with E-state index in [0.29, 0.717) is 11.0 Å². The average molecular weight is 243 g/mol. The van der Waals surface area contributed by atoms with Gasteiger partial charge in [-0.15, -0.1) is 0 Å². The van der Waals surface area contributed by atoms with Gasteiger partial charge >= 0.3 is 0 Å². The molecule has 0 aromatic carbocycles. The van der Waals surface area contributed by atoms with E-state index in [9.17, 15) is 4.79 Å². The number of nitrogens with zero attached hydrogens (tertiary/aromatic N) is 3. The molecule has 16 heavy (non-hydrogen) atoms. The zero-order valence-corrected chi connectivity index (χ0v) is 10.3. The molecule has 0 unspecified atom stereocenters. The van der Waals surface area contributed by atoms with Crippen LogP contribution in [0.4, 0.5) is 5.82 Å². The molecule has 0 aliphatic carbocycles. The summed E-state index contributed by atoms with van der Waals surface area (Å²) in [5.74, 6) is 0.247. The predicted molar refractivity (Wildman–Crippen MR) is 63.5 cm³/mol. The minimum absolute atomic E-state index is 0.108. The number of carbonyl (C=O) groups excluding carboxylic acids is 1. The SMILES string of the molecule is Cc1c(Cl)ncnc1N(CC(N)=O)C(C)C. The molecule has 1 amide bonds. The zero-order valence-electron chi connectivity index (χ0n) is 9.57. The monoisotopic (exact) mass is 242 g/mol. The van der Waals surface area contributed by atoms with Gasteiger partial charge in [-0.3, -0.25) is 4.79 Å². The number of nitrogens with two attached hydrogens (primary N) is 1. The Labute approximate surface area is 99.6 Å². The fourth-order valence-corrected chi connectivity index (χ4v) is 1.51. The summed E-state index contributed by atoms with van der Waals surface area (Å²) in [7, 11) is 0. The Balaban J connectivity index is 3.10. The van der Waals surface area contributed by atoms with Crippen molar-refractivity contribution in [1.82, 2.24) is 9.97 Å². The Morgan fingerprint density at radius 3 is 2.69 bits per heavy atom. The normalized spacial score (nSPS) is 10.6. The molecular formula is C10H15ClN4O. The van der Waals surface area contributed by atoms with Gasteiger partial charge in [0.15, 0.2) is 0 Å². The minimum atomic E-state index is -0.400. The number of aromatic nitrogens is 2. The number of primary amides is 1. The lowest BCUT2D eigenvalue weighted by molar-refractivity contribution is -0.116. The van der Waals surface area contributed by atoms with Crippen LogP contribution in [0.15, 0.2) is 6.33 Å². The van der Waals surface area contributed by atoms with Crippen molar-refractivity contribution in [2.24, 2.45) is 5.73 Å². The van der Waals surface area contributed by atoms with E-state index in [2.05, 4.69) is 9.97 Å². The zero-order chi connectivity index (χ0) is 12.3. The molecule has 1 aromatic rings. The molecule has 1 heterocycles. The van der Waals surface area contributed by atoms with Gasteiger partial charge in [0.2, 0.25) is 5.91 Å². The van der Waals surface area contributed by atoms with Gasteiger partial charge in [-0.05, 0) is 20.8 Å². The van der Waals surface area contributed by atoms with Gasteiger partial charge in [0.25, 0.3) is 0 Å². The maximum absolute atomic E-state index is 11.0. The van der Waals surface area contributed by atoms with Crippen molar-refractivity contribution in [3.8, 4) is 0 Å². The highest BCUT2D eigenvalue weighted by atomic mass is 35.5. The van der Waals surface area contributed by atoms with Crippen LogP contribution >= 0.6 is 11.6 Å². The Hall–Kier alpha value is -1.36. The smallest absolute Gasteiger partial charge is 0.237 e. The van der Waals surface area contributed by atoms with E-state index in [1.807, 2.05) is 20.8 Å². The first-order valence-corrected chi connectivity index (χ1v) is 5.33. The summed E-state index contributed by atoms with van der Waals surface area (Å²) >= 11 is 5.91. The molecule has 2 N–H and O–H groups in total. The molecule has 0 radical (unpaired) electrons. The molecule has 0 saturated heterocycles. The Morgan fingerprint density at radius 1 is 1.56 bits per heavy atom. The van der Waals surface area contributed by atoms with Gasteiger partial charge in [0.1, 0.15) is 17.3 Å². The van der Waals surface area contributed by atoms with Crippen LogP contribution in [0.2, 0.25) is 5.15 Å². The second kappa shape index (κ2) is 5.12. The summed E-state index contributed by atoms with van der Waals surface area (Å²) in [5, 5.41) is 0.389. The molecule has 0 saturated carbocycles. The van der Waals surface area contributed by atoms with E-state index >= 15 is 0 Å². The van der Waals surface area contributed by atoms with E-state index in [-0.39, 0.29) is 12.6 Å². The molecule has 6 heteroatoms. The van der Waals surface area contributed by atoms with Crippen molar-refractivity contribution in [1.29, 1.82) is 0 Å². The van der Waals surface area contributed by atoms with Gasteiger partial charge in [0, 0.05) is 11.6 Å². The first-order chi connectivity index (χ1) is 7.43. The summed E-state index contributed by atoms with van der Waals surface area (Å²) in [5.41, 5.74) is 5.95. The Kier molecular flexibility index (Phi) is 4.06. The minimum Gasteiger partial charge on any atom is -0.368 e. The number of hydrogen-bond donors (Lipinski definition) is 1. The van der Waals surface area contributed by atoms with E-state index in [1.165, 1.54) is 6.33 Å². The quantitative estimate of drug-likeness (QED) is 0.804. The lowest BCUT2D eigenvalue weighted by Crippen LogP contribution is -2.39. The second-order valence-corrected chi connectivity index (χ2v) is 4.16. The molecule has 0 aliphatic heterocycles. The van der Waals surface area contributed by atoms with Gasteiger partial charge < -0.3 is 10.6 Å². The first-order valence-electron chi connectivity index (χ1n) is 4.95. The van der Waals surface area contributed by atoms with Gasteiger partial charge in [0.05, 0.1) is 6.54 Å². The molecule has 0 spiro atoms. The fraction of sp³-hybridized carbons (Fsp3) is 0.500. The van der Waals surface area contributed by atoms with Crippen LogP contribution in [0.25, 0.3) is 0 Å². The Morgan fingerprint density at radius 2 is 2.19 bits per heavy atom. The van der Waals surface area contributed by atoms with Crippen LogP contribution in [0.5, 0.6) is 0 Å². The summed E-state index contributed by atoms with van der Waals surface area (Å²) in [6.07, 6.45) is 1.38. The van der Waals surface area contributed by atoms with Crippen LogP contribution in [0.3, 0.4) is 0 Å². The van der Waals surface area contributed by atoms with Crippen molar-refractivity contribution in [3.05, 3.63) is 17.0 Å². The number of hydrogen-bond acceptors (Lipinski definition) is 4. The maximum atomic E-state index is 11.0. The first kappa shape index (κ1) is 12.7. The standard InChI is InChI=1S/C10H15ClN4O/c1-6(2)15(4-8(12)16)10-7(3)9(11)13-5-14-10/h5-6H,4H2,1-3H3,(H2,12,16). The van der Waals surface area contributed by atoms with Gasteiger partial charge in [-0.25, -0.2) is 9.97 Å². The number of anilines is 1. The topological polar surface area (TPSA) is 72.1 Å². The summed E-state index contributed by atoms with van der Waals surface area (Å²) < 4.78 is 0. The lowest BCUT2D eigenvalue weighted by Gasteiger charge is -2.27.